The van der Waals surface area contributed by atoms with Crippen LogP contribution in [0.3, 0.4) is 0 Å². The number of hydrogen-bond acceptors (Lipinski definition) is 6. The second-order valence-corrected chi connectivity index (χ2v) is 14.1. The average Bonchev–Trinajstić information content (AvgIpc) is 2.93. The molecule has 5 nitrogen and oxygen atoms in total. The summed E-state index contributed by atoms with van der Waals surface area (Å²) in [4.78, 5) is 2.97. The number of thiophene rings is 1. The van der Waals surface area contributed by atoms with Crippen LogP contribution in [0.25, 0.3) is 0 Å². The number of rotatable bonds is 6. The summed E-state index contributed by atoms with van der Waals surface area (Å²) in [5, 5.41) is 17.6. The second kappa shape index (κ2) is 11.1. The Morgan fingerprint density at radius 3 is 2.17 bits per heavy atom. The third-order valence-corrected chi connectivity index (χ3v) is 7.33. The van der Waals surface area contributed by atoms with E-state index in [0.29, 0.717) is 21.0 Å². The zero-order valence-corrected chi connectivity index (χ0v) is 20.1. The normalized spacial score (nSPS) is 10.5. The molecule has 0 bridgehead atoms. The van der Waals surface area contributed by atoms with Gasteiger partial charge in [-0.15, -0.1) is 11.3 Å². The second-order valence-electron chi connectivity index (χ2n) is 8.01. The van der Waals surface area contributed by atoms with Crippen molar-refractivity contribution >= 4 is 35.0 Å². The maximum absolute atomic E-state index is 8.58. The van der Waals surface area contributed by atoms with Crippen molar-refractivity contribution in [1.29, 1.82) is 10.5 Å². The van der Waals surface area contributed by atoms with Crippen LogP contribution >= 0.6 is 18.6 Å². The smallest absolute Gasteiger partial charge is 0.111 e. The lowest BCUT2D eigenvalue weighted by Gasteiger charge is -2.24. The van der Waals surface area contributed by atoms with Crippen LogP contribution in [0.5, 0.6) is 0 Å². The van der Waals surface area contributed by atoms with Gasteiger partial charge in [-0.25, -0.2) is 0 Å². The maximum Gasteiger partial charge on any atom is 0.111 e. The van der Waals surface area contributed by atoms with E-state index in [9.17, 15) is 0 Å². The predicted octanol–water partition coefficient (Wildman–Crippen LogP) is 5.08. The van der Waals surface area contributed by atoms with E-state index in [4.69, 9.17) is 22.0 Å². The highest BCUT2D eigenvalue weighted by molar-refractivity contribution is 7.73. The Kier molecular flexibility index (Phi) is 9.44. The van der Waals surface area contributed by atoms with Crippen LogP contribution in [0.1, 0.15) is 34.9 Å². The largest absolute Gasteiger partial charge is 0.399 e. The molecule has 4 N–H and O–H groups in total. The number of nitrogens with zero attached hydrogens (tertiary/aromatic N) is 3. The first-order valence-corrected chi connectivity index (χ1v) is 13.8. The number of nitrogens with two attached hydrogens (primary N) is 2. The molecule has 1 aromatic carbocycles. The Hall–Kier alpha value is -2.27. The molecule has 0 aliphatic heterocycles. The zero-order chi connectivity index (χ0) is 22.2. The van der Waals surface area contributed by atoms with Gasteiger partial charge in [-0.2, -0.15) is 10.5 Å². The predicted molar refractivity (Wildman–Crippen MR) is 131 cm³/mol. The summed E-state index contributed by atoms with van der Waals surface area (Å²) in [6, 6.07) is 10.3. The average molecular weight is 431 g/mol. The Morgan fingerprint density at radius 1 is 1.10 bits per heavy atom. The monoisotopic (exact) mass is 430 g/mol. The quantitative estimate of drug-likeness (QED) is 0.491. The van der Waals surface area contributed by atoms with Gasteiger partial charge in [0.25, 0.3) is 0 Å². The molecule has 29 heavy (non-hydrogen) atoms. The van der Waals surface area contributed by atoms with Crippen molar-refractivity contribution in [3.8, 4) is 12.1 Å². The zero-order valence-electron chi connectivity index (χ0n) is 18.4. The lowest BCUT2D eigenvalue weighted by Crippen LogP contribution is -2.24. The molecule has 2 rings (SSSR count). The van der Waals surface area contributed by atoms with E-state index in [1.165, 1.54) is 23.8 Å². The van der Waals surface area contributed by atoms with E-state index in [-0.39, 0.29) is 0 Å². The van der Waals surface area contributed by atoms with E-state index < -0.39 is 7.26 Å². The van der Waals surface area contributed by atoms with Crippen LogP contribution in [0, 0.1) is 36.5 Å². The van der Waals surface area contributed by atoms with Crippen LogP contribution in [0.15, 0.2) is 18.2 Å². The number of anilines is 3. The lowest BCUT2D eigenvalue weighted by molar-refractivity contribution is 0.793. The topological polar surface area (TPSA) is 103 Å². The molecule has 0 aliphatic carbocycles. The summed E-state index contributed by atoms with van der Waals surface area (Å²) in [5.41, 5.74) is 15.8. The molecule has 7 heteroatoms. The van der Waals surface area contributed by atoms with Crippen molar-refractivity contribution in [1.82, 2.24) is 0 Å². The van der Waals surface area contributed by atoms with Gasteiger partial charge in [-0.3, -0.25) is 0 Å². The minimum Gasteiger partial charge on any atom is -0.399 e. The van der Waals surface area contributed by atoms with Crippen molar-refractivity contribution < 1.29 is 0 Å². The van der Waals surface area contributed by atoms with Gasteiger partial charge in [0.1, 0.15) is 22.0 Å². The van der Waals surface area contributed by atoms with Crippen LogP contribution in [0.4, 0.5) is 16.4 Å². The lowest BCUT2D eigenvalue weighted by atomic mass is 10.1. The van der Waals surface area contributed by atoms with Crippen molar-refractivity contribution in [3.63, 3.8) is 0 Å². The van der Waals surface area contributed by atoms with Crippen LogP contribution in [-0.2, 0) is 0 Å². The molecule has 1 aromatic heterocycles. The summed E-state index contributed by atoms with van der Waals surface area (Å²) in [6.45, 7) is 15.5. The minimum atomic E-state index is -0.638. The molecule has 0 saturated carbocycles. The molecule has 0 spiro atoms. The first-order valence-electron chi connectivity index (χ1n) is 9.64. The van der Waals surface area contributed by atoms with Crippen molar-refractivity contribution in [2.24, 2.45) is 0 Å². The molecule has 0 atom stereocenters. The molecule has 0 radical (unpaired) electrons. The first-order chi connectivity index (χ1) is 13.5. The molecule has 0 fully saturated rings. The Bertz CT molecular complexity index is 900. The van der Waals surface area contributed by atoms with Gasteiger partial charge in [0, 0.05) is 51.7 Å². The van der Waals surface area contributed by atoms with Gasteiger partial charge in [0.2, 0.25) is 0 Å². The van der Waals surface area contributed by atoms with Crippen molar-refractivity contribution in [3.05, 3.63) is 39.8 Å². The first kappa shape index (κ1) is 24.8. The minimum absolute atomic E-state index is 0.432. The highest BCUT2D eigenvalue weighted by Gasteiger charge is 2.17. The number of benzene rings is 1. The van der Waals surface area contributed by atoms with Gasteiger partial charge >= 0.3 is 0 Å². The highest BCUT2D eigenvalue weighted by Crippen LogP contribution is 2.46. The number of aryl methyl sites for hydroxylation is 1. The van der Waals surface area contributed by atoms with Crippen LogP contribution in [0.2, 0.25) is 0 Å². The number of nitrogen functional groups attached to an aromatic ring is 2. The van der Waals surface area contributed by atoms with Gasteiger partial charge in [-0.05, 0) is 56.5 Å². The fourth-order valence-corrected chi connectivity index (χ4v) is 4.76. The summed E-state index contributed by atoms with van der Waals surface area (Å²) in [7, 11) is -0.638. The fourth-order valence-electron chi connectivity index (χ4n) is 2.84. The molecular formula is C22H33N5PS+. The Balaban J connectivity index is 0.000000326. The van der Waals surface area contributed by atoms with Crippen molar-refractivity contribution in [2.75, 3.05) is 55.6 Å². The van der Waals surface area contributed by atoms with Crippen molar-refractivity contribution in [2.45, 2.75) is 27.2 Å². The number of hydrogen-bond donors (Lipinski definition) is 2. The molecule has 0 aliphatic rings. The molecule has 0 amide bonds. The van der Waals surface area contributed by atoms with Crippen LogP contribution in [-0.4, -0.2) is 39.2 Å². The molecule has 0 saturated heterocycles. The Morgan fingerprint density at radius 2 is 1.76 bits per heavy atom. The summed E-state index contributed by atoms with van der Waals surface area (Å²) < 4.78 is 0. The summed E-state index contributed by atoms with van der Waals surface area (Å²) in [5.74, 6) is 0. The van der Waals surface area contributed by atoms with Gasteiger partial charge < -0.3 is 16.4 Å². The van der Waals surface area contributed by atoms with Gasteiger partial charge in [-0.1, -0.05) is 0 Å². The van der Waals surface area contributed by atoms with E-state index in [2.05, 4.69) is 50.9 Å². The van der Waals surface area contributed by atoms with E-state index in [1.54, 1.807) is 6.92 Å². The van der Waals surface area contributed by atoms with E-state index >= 15 is 0 Å². The molecule has 156 valence electrons. The third-order valence-electron chi connectivity index (χ3n) is 4.64. The highest BCUT2D eigenvalue weighted by atomic mass is 32.1. The van der Waals surface area contributed by atoms with Crippen LogP contribution < -0.4 is 16.4 Å². The molecule has 1 heterocycles. The van der Waals surface area contributed by atoms with Gasteiger partial charge in [0.05, 0.1) is 11.7 Å². The number of nitriles is 2. The van der Waals surface area contributed by atoms with Gasteiger partial charge in [0.15, 0.2) is 0 Å². The molecule has 0 unspecified atom stereocenters. The molecule has 2 aromatic rings. The summed E-state index contributed by atoms with van der Waals surface area (Å²) >= 11 is 1.16. The SMILES string of the molecule is CCN(CCC[P+](C)(C)C)c1ccc(N)c(C)c1.Cc1c(C#N)sc(N)c1C#N. The maximum atomic E-state index is 8.58. The van der Waals surface area contributed by atoms with E-state index in [0.717, 1.165) is 30.1 Å². The Labute approximate surface area is 180 Å². The fraction of sp³-hybridized carbons (Fsp3) is 0.455. The molecular weight excluding hydrogens is 397 g/mol. The third kappa shape index (κ3) is 7.58. The summed E-state index contributed by atoms with van der Waals surface area (Å²) in [6.07, 6.45) is 2.66. The van der Waals surface area contributed by atoms with E-state index in [1.807, 2.05) is 18.2 Å². The standard InChI is InChI=1S/C15H28N2P.C7H5N3S/c1-6-17(10-7-11-18(3,4)5)14-8-9-15(16)13(2)12-14;1-4-5(2-8)7(10)11-6(4)3-9/h8-9,12H,6-7,10-11,16H2,1-5H3;10H2,1H3/q+1;.